The molecule has 1 aliphatic heterocycles. The van der Waals surface area contributed by atoms with E-state index in [9.17, 15) is 9.59 Å². The maximum Gasteiger partial charge on any atom is 0.410 e. The molecule has 0 radical (unpaired) electrons. The van der Waals surface area contributed by atoms with Gasteiger partial charge in [-0.1, -0.05) is 0 Å². The Morgan fingerprint density at radius 1 is 1.16 bits per heavy atom. The zero-order valence-corrected chi connectivity index (χ0v) is 19.6. The zero-order chi connectivity index (χ0) is 23.0. The van der Waals surface area contributed by atoms with Crippen LogP contribution < -0.4 is 9.47 Å². The number of benzene rings is 1. The number of hydrogen-bond donors (Lipinski definition) is 0. The second kappa shape index (κ2) is 11.2. The van der Waals surface area contributed by atoms with Gasteiger partial charge in [0.25, 0.3) is 5.91 Å². The van der Waals surface area contributed by atoms with Gasteiger partial charge in [0.05, 0.1) is 13.7 Å². The van der Waals surface area contributed by atoms with E-state index in [2.05, 4.69) is 0 Å². The molecule has 0 N–H and O–H groups in total. The summed E-state index contributed by atoms with van der Waals surface area (Å²) in [6, 6.07) is 5.09. The lowest BCUT2D eigenvalue weighted by atomic mass is 10.0. The van der Waals surface area contributed by atoms with Crippen molar-refractivity contribution < 1.29 is 28.5 Å². The second-order valence-corrected chi connectivity index (χ2v) is 8.70. The van der Waals surface area contributed by atoms with Crippen LogP contribution in [0.25, 0.3) is 0 Å². The molecular formula is C23H36N2O6. The van der Waals surface area contributed by atoms with Crippen LogP contribution in [0.5, 0.6) is 11.5 Å². The third-order valence-corrected chi connectivity index (χ3v) is 5.08. The summed E-state index contributed by atoms with van der Waals surface area (Å²) in [6.07, 6.45) is 2.05. The number of likely N-dealkylation sites (tertiary alicyclic amines) is 1. The van der Waals surface area contributed by atoms with Gasteiger partial charge in [-0.25, -0.2) is 4.79 Å². The topological polar surface area (TPSA) is 77.5 Å². The van der Waals surface area contributed by atoms with Crippen LogP contribution in [0.15, 0.2) is 18.2 Å². The lowest BCUT2D eigenvalue weighted by Gasteiger charge is -2.38. The fourth-order valence-electron chi connectivity index (χ4n) is 3.44. The molecular weight excluding hydrogens is 400 g/mol. The smallest absolute Gasteiger partial charge is 0.410 e. The fourth-order valence-corrected chi connectivity index (χ4v) is 3.44. The van der Waals surface area contributed by atoms with Gasteiger partial charge in [-0.2, -0.15) is 0 Å². The number of carbonyl (C=O) groups excluding carboxylic acids is 2. The molecule has 1 aromatic rings. The molecule has 0 bridgehead atoms. The van der Waals surface area contributed by atoms with Gasteiger partial charge in [-0.15, -0.1) is 0 Å². The van der Waals surface area contributed by atoms with Crippen LogP contribution in [0.3, 0.4) is 0 Å². The van der Waals surface area contributed by atoms with Crippen LogP contribution in [-0.4, -0.2) is 81.0 Å². The number of likely N-dealkylation sites (N-methyl/N-ethyl adjacent to an activating group) is 1. The van der Waals surface area contributed by atoms with E-state index in [1.807, 2.05) is 20.8 Å². The van der Waals surface area contributed by atoms with Crippen molar-refractivity contribution in [3.8, 4) is 11.5 Å². The van der Waals surface area contributed by atoms with Gasteiger partial charge < -0.3 is 28.7 Å². The predicted octanol–water partition coefficient (Wildman–Crippen LogP) is 3.58. The Kier molecular flexibility index (Phi) is 8.98. The quantitative estimate of drug-likeness (QED) is 0.580. The predicted molar refractivity (Wildman–Crippen MR) is 118 cm³/mol. The molecule has 0 spiro atoms. The van der Waals surface area contributed by atoms with Crippen molar-refractivity contribution in [2.45, 2.75) is 51.7 Å². The number of nitrogens with zero attached hydrogens (tertiary/aromatic N) is 2. The van der Waals surface area contributed by atoms with E-state index >= 15 is 0 Å². The van der Waals surface area contributed by atoms with Gasteiger partial charge in [0.2, 0.25) is 0 Å². The molecule has 1 aliphatic rings. The van der Waals surface area contributed by atoms with E-state index in [1.165, 1.54) is 0 Å². The molecule has 1 aromatic carbocycles. The maximum atomic E-state index is 13.2. The number of ether oxygens (including phenoxy) is 4. The van der Waals surface area contributed by atoms with Crippen molar-refractivity contribution in [2.75, 3.05) is 47.6 Å². The van der Waals surface area contributed by atoms with E-state index in [0.29, 0.717) is 43.4 Å². The third kappa shape index (κ3) is 7.31. The highest BCUT2D eigenvalue weighted by molar-refractivity contribution is 5.95. The van der Waals surface area contributed by atoms with E-state index < -0.39 is 5.60 Å². The number of methoxy groups -OCH3 is 2. The van der Waals surface area contributed by atoms with Gasteiger partial charge in [0, 0.05) is 51.9 Å². The summed E-state index contributed by atoms with van der Waals surface area (Å²) in [5.41, 5.74) is -0.0338. The van der Waals surface area contributed by atoms with Crippen molar-refractivity contribution in [3.63, 3.8) is 0 Å². The summed E-state index contributed by atoms with van der Waals surface area (Å²) < 4.78 is 21.7. The third-order valence-electron chi connectivity index (χ3n) is 5.08. The van der Waals surface area contributed by atoms with E-state index in [0.717, 1.165) is 19.3 Å². The summed E-state index contributed by atoms with van der Waals surface area (Å²) >= 11 is 0. The van der Waals surface area contributed by atoms with Crippen LogP contribution in [-0.2, 0) is 9.47 Å². The van der Waals surface area contributed by atoms with E-state index in [-0.39, 0.29) is 18.0 Å². The normalized spacial score (nSPS) is 16.6. The molecule has 1 saturated heterocycles. The SMILES string of the molecule is COCCCOc1cc(C(=O)N(C)[C@@H]2CCCN(C(=O)OC(C)(C)C)C2)ccc1OC. The number of hydrogen-bond acceptors (Lipinski definition) is 6. The van der Waals surface area contributed by atoms with Gasteiger partial charge >= 0.3 is 6.09 Å². The Labute approximate surface area is 185 Å². The Morgan fingerprint density at radius 2 is 1.90 bits per heavy atom. The standard InChI is InChI=1S/C23H36N2O6/c1-23(2,3)31-22(27)25-12-7-9-18(16-25)24(4)21(26)17-10-11-19(29-6)20(15-17)30-14-8-13-28-5/h10-11,15,18H,7-9,12-14,16H2,1-6H3/t18-/m1/s1. The molecule has 1 atom stereocenters. The average Bonchev–Trinajstić information content (AvgIpc) is 2.74. The first-order chi connectivity index (χ1) is 14.7. The van der Waals surface area contributed by atoms with Crippen LogP contribution >= 0.6 is 0 Å². The number of rotatable bonds is 8. The molecule has 0 unspecified atom stereocenters. The average molecular weight is 437 g/mol. The van der Waals surface area contributed by atoms with Crippen molar-refractivity contribution in [1.82, 2.24) is 9.80 Å². The minimum atomic E-state index is -0.547. The minimum absolute atomic E-state index is 0.0815. The van der Waals surface area contributed by atoms with Gasteiger partial charge in [-0.3, -0.25) is 4.79 Å². The summed E-state index contributed by atoms with van der Waals surface area (Å²) in [6.45, 7) is 7.69. The molecule has 0 aromatic heterocycles. The highest BCUT2D eigenvalue weighted by Gasteiger charge is 2.31. The zero-order valence-electron chi connectivity index (χ0n) is 19.6. The first-order valence-corrected chi connectivity index (χ1v) is 10.7. The second-order valence-electron chi connectivity index (χ2n) is 8.70. The highest BCUT2D eigenvalue weighted by atomic mass is 16.6. The van der Waals surface area contributed by atoms with Crippen molar-refractivity contribution >= 4 is 12.0 Å². The Bertz CT molecular complexity index is 746. The molecule has 174 valence electrons. The molecule has 1 fully saturated rings. The monoisotopic (exact) mass is 436 g/mol. The molecule has 8 nitrogen and oxygen atoms in total. The van der Waals surface area contributed by atoms with E-state index in [1.54, 1.807) is 49.3 Å². The molecule has 8 heteroatoms. The van der Waals surface area contributed by atoms with Crippen LogP contribution in [0.1, 0.15) is 50.4 Å². The Hall–Kier alpha value is -2.48. The maximum absolute atomic E-state index is 13.2. The number of piperidine rings is 1. The minimum Gasteiger partial charge on any atom is -0.493 e. The fraction of sp³-hybridized carbons (Fsp3) is 0.652. The Balaban J connectivity index is 2.06. The first-order valence-electron chi connectivity index (χ1n) is 10.7. The van der Waals surface area contributed by atoms with Gasteiger partial charge in [-0.05, 0) is 51.8 Å². The summed E-state index contributed by atoms with van der Waals surface area (Å²) in [7, 11) is 4.98. The van der Waals surface area contributed by atoms with Crippen molar-refractivity contribution in [1.29, 1.82) is 0 Å². The lowest BCUT2D eigenvalue weighted by Crippen LogP contribution is -2.51. The van der Waals surface area contributed by atoms with E-state index in [4.69, 9.17) is 18.9 Å². The summed E-state index contributed by atoms with van der Waals surface area (Å²) in [5, 5.41) is 0. The molecule has 31 heavy (non-hydrogen) atoms. The highest BCUT2D eigenvalue weighted by Crippen LogP contribution is 2.29. The molecule has 0 saturated carbocycles. The van der Waals surface area contributed by atoms with Crippen molar-refractivity contribution in [3.05, 3.63) is 23.8 Å². The molecule has 2 amide bonds. The van der Waals surface area contributed by atoms with Crippen LogP contribution in [0, 0.1) is 0 Å². The molecule has 1 heterocycles. The number of carbonyl (C=O) groups is 2. The van der Waals surface area contributed by atoms with Crippen LogP contribution in [0.4, 0.5) is 4.79 Å². The molecule has 2 rings (SSSR count). The van der Waals surface area contributed by atoms with Crippen molar-refractivity contribution in [2.24, 2.45) is 0 Å². The molecule has 0 aliphatic carbocycles. The Morgan fingerprint density at radius 3 is 2.55 bits per heavy atom. The summed E-state index contributed by atoms with van der Waals surface area (Å²) in [5.74, 6) is 0.975. The first kappa shape index (κ1) is 24.8. The lowest BCUT2D eigenvalue weighted by molar-refractivity contribution is 0.0123. The summed E-state index contributed by atoms with van der Waals surface area (Å²) in [4.78, 5) is 29.0. The van der Waals surface area contributed by atoms with Gasteiger partial charge in [0.1, 0.15) is 5.60 Å². The van der Waals surface area contributed by atoms with Crippen LogP contribution in [0.2, 0.25) is 0 Å². The number of amides is 2. The van der Waals surface area contributed by atoms with Gasteiger partial charge in [0.15, 0.2) is 11.5 Å². The largest absolute Gasteiger partial charge is 0.493 e.